The van der Waals surface area contributed by atoms with Gasteiger partial charge in [0, 0.05) is 30.1 Å². The van der Waals surface area contributed by atoms with Crippen LogP contribution >= 0.6 is 0 Å². The summed E-state index contributed by atoms with van der Waals surface area (Å²) in [6, 6.07) is 5.86. The van der Waals surface area contributed by atoms with Gasteiger partial charge in [-0.2, -0.15) is 0 Å². The maximum absolute atomic E-state index is 6.15. The molecule has 0 spiro atoms. The first kappa shape index (κ1) is 17.6. The third-order valence-electron chi connectivity index (χ3n) is 5.26. The van der Waals surface area contributed by atoms with Gasteiger partial charge in [0.2, 0.25) is 0 Å². The van der Waals surface area contributed by atoms with Crippen molar-refractivity contribution in [1.82, 2.24) is 24.6 Å². The first-order valence-corrected chi connectivity index (χ1v) is 9.67. The molecule has 4 aromatic rings. The van der Waals surface area contributed by atoms with Crippen molar-refractivity contribution in [3.05, 3.63) is 36.3 Å². The lowest BCUT2D eigenvalue weighted by Gasteiger charge is -2.28. The third kappa shape index (κ3) is 2.99. The molecule has 0 aliphatic carbocycles. The van der Waals surface area contributed by atoms with Crippen LogP contribution in [0.2, 0.25) is 0 Å². The third-order valence-corrected chi connectivity index (χ3v) is 5.26. The Morgan fingerprint density at radius 2 is 1.93 bits per heavy atom. The van der Waals surface area contributed by atoms with Gasteiger partial charge in [-0.15, -0.1) is 5.10 Å². The first-order valence-electron chi connectivity index (χ1n) is 9.67. The van der Waals surface area contributed by atoms with Gasteiger partial charge in [0.25, 0.3) is 0 Å². The van der Waals surface area contributed by atoms with E-state index in [0.29, 0.717) is 23.9 Å². The predicted octanol–water partition coefficient (Wildman–Crippen LogP) is 1.90. The Kier molecular flexibility index (Phi) is 4.17. The van der Waals surface area contributed by atoms with Crippen LogP contribution in [0.5, 0.6) is 0 Å². The Morgan fingerprint density at radius 3 is 2.72 bits per heavy atom. The molecule has 1 aliphatic rings. The molecule has 0 amide bonds. The zero-order chi connectivity index (χ0) is 20.0. The topological polar surface area (TPSA) is 120 Å². The second-order valence-corrected chi connectivity index (χ2v) is 7.05. The zero-order valence-electron chi connectivity index (χ0n) is 16.2. The number of hydrogen-bond donors (Lipinski definition) is 2. The van der Waals surface area contributed by atoms with Crippen molar-refractivity contribution in [2.24, 2.45) is 0 Å². The summed E-state index contributed by atoms with van der Waals surface area (Å²) in [5.41, 5.74) is 15.7. The van der Waals surface area contributed by atoms with E-state index in [9.17, 15) is 0 Å². The summed E-state index contributed by atoms with van der Waals surface area (Å²) in [7, 11) is 0. The lowest BCUT2D eigenvalue weighted by molar-refractivity contribution is 0.122. The SMILES string of the molecule is CCc1nc(N)c2cnc(N)cc2c1-c1nc2ccc(N3CCOCC3)cn2n1. The number of hydrogen-bond acceptors (Lipinski definition) is 8. The smallest absolute Gasteiger partial charge is 0.184 e. The second kappa shape index (κ2) is 6.85. The van der Waals surface area contributed by atoms with Gasteiger partial charge in [-0.1, -0.05) is 6.92 Å². The molecule has 0 radical (unpaired) electrons. The molecule has 5 rings (SSSR count). The highest BCUT2D eigenvalue weighted by Crippen LogP contribution is 2.33. The van der Waals surface area contributed by atoms with Crippen LogP contribution in [0.15, 0.2) is 30.6 Å². The number of aryl methyl sites for hydroxylation is 1. The van der Waals surface area contributed by atoms with E-state index in [-0.39, 0.29) is 0 Å². The van der Waals surface area contributed by atoms with Gasteiger partial charge in [-0.05, 0) is 24.6 Å². The summed E-state index contributed by atoms with van der Waals surface area (Å²) in [5.74, 6) is 1.46. The molecule has 148 valence electrons. The number of pyridine rings is 3. The number of rotatable bonds is 3. The standard InChI is InChI=1S/C20H22N8O/c1-2-15-18(13-9-16(21)23-10-14(13)19(22)24-15)20-25-17-4-3-12(11-28(17)26-20)27-5-7-29-8-6-27/h3-4,9-11H,2,5-8H2,1H3,(H2,21,23)(H2,22,24). The summed E-state index contributed by atoms with van der Waals surface area (Å²) in [6.07, 6.45) is 4.36. The number of nitrogen functional groups attached to an aromatic ring is 2. The van der Waals surface area contributed by atoms with E-state index in [1.165, 1.54) is 0 Å². The second-order valence-electron chi connectivity index (χ2n) is 7.05. The van der Waals surface area contributed by atoms with E-state index in [1.807, 2.05) is 29.8 Å². The quantitative estimate of drug-likeness (QED) is 0.544. The number of nitrogens with two attached hydrogens (primary N) is 2. The number of anilines is 3. The molecule has 5 heterocycles. The van der Waals surface area contributed by atoms with Crippen molar-refractivity contribution in [2.45, 2.75) is 13.3 Å². The van der Waals surface area contributed by atoms with Crippen molar-refractivity contribution >= 4 is 33.7 Å². The summed E-state index contributed by atoms with van der Waals surface area (Å²) < 4.78 is 7.26. The monoisotopic (exact) mass is 390 g/mol. The summed E-state index contributed by atoms with van der Waals surface area (Å²) in [4.78, 5) is 15.8. The summed E-state index contributed by atoms with van der Waals surface area (Å²) >= 11 is 0. The Balaban J connectivity index is 1.68. The largest absolute Gasteiger partial charge is 0.384 e. The molecule has 0 saturated carbocycles. The highest BCUT2D eigenvalue weighted by atomic mass is 16.5. The van der Waals surface area contributed by atoms with Crippen LogP contribution in [0.4, 0.5) is 17.3 Å². The van der Waals surface area contributed by atoms with Crippen LogP contribution in [0, 0.1) is 0 Å². The van der Waals surface area contributed by atoms with Crippen LogP contribution in [-0.2, 0) is 11.2 Å². The maximum atomic E-state index is 6.15. The minimum absolute atomic E-state index is 0.421. The summed E-state index contributed by atoms with van der Waals surface area (Å²) in [5, 5.41) is 6.38. The van der Waals surface area contributed by atoms with Crippen molar-refractivity contribution in [3.8, 4) is 11.4 Å². The lowest BCUT2D eigenvalue weighted by atomic mass is 10.0. The highest BCUT2D eigenvalue weighted by molar-refractivity contribution is 6.02. The predicted molar refractivity (Wildman–Crippen MR) is 113 cm³/mol. The van der Waals surface area contributed by atoms with Crippen LogP contribution in [0.1, 0.15) is 12.6 Å². The Labute approximate surface area is 167 Å². The van der Waals surface area contributed by atoms with Crippen LogP contribution < -0.4 is 16.4 Å². The van der Waals surface area contributed by atoms with Gasteiger partial charge in [0.15, 0.2) is 11.5 Å². The van der Waals surface area contributed by atoms with Crippen LogP contribution in [0.25, 0.3) is 27.8 Å². The number of aromatic nitrogens is 5. The molecule has 9 heteroatoms. The van der Waals surface area contributed by atoms with Gasteiger partial charge >= 0.3 is 0 Å². The van der Waals surface area contributed by atoms with Crippen LogP contribution in [-0.4, -0.2) is 50.9 Å². The van der Waals surface area contributed by atoms with E-state index in [0.717, 1.165) is 59.7 Å². The minimum atomic E-state index is 0.421. The Bertz CT molecular complexity index is 1210. The summed E-state index contributed by atoms with van der Waals surface area (Å²) in [6.45, 7) is 5.24. The van der Waals surface area contributed by atoms with Gasteiger partial charge in [0.05, 0.1) is 36.4 Å². The average Bonchev–Trinajstić information content (AvgIpc) is 3.16. The van der Waals surface area contributed by atoms with Gasteiger partial charge in [-0.25, -0.2) is 19.5 Å². The number of nitrogens with zero attached hydrogens (tertiary/aromatic N) is 6. The van der Waals surface area contributed by atoms with E-state index in [1.54, 1.807) is 6.20 Å². The molecule has 1 fully saturated rings. The molecule has 4 aromatic heterocycles. The highest BCUT2D eigenvalue weighted by Gasteiger charge is 2.19. The Morgan fingerprint density at radius 1 is 1.10 bits per heavy atom. The molecule has 1 aliphatic heterocycles. The fourth-order valence-electron chi connectivity index (χ4n) is 3.79. The molecular formula is C20H22N8O. The van der Waals surface area contributed by atoms with E-state index in [4.69, 9.17) is 26.3 Å². The number of ether oxygens (including phenoxy) is 1. The van der Waals surface area contributed by atoms with E-state index >= 15 is 0 Å². The fraction of sp³-hybridized carbons (Fsp3) is 0.300. The fourth-order valence-corrected chi connectivity index (χ4v) is 3.79. The molecule has 9 nitrogen and oxygen atoms in total. The van der Waals surface area contributed by atoms with Crippen molar-refractivity contribution in [2.75, 3.05) is 42.7 Å². The molecule has 0 bridgehead atoms. The number of morpholine rings is 1. The van der Waals surface area contributed by atoms with E-state index in [2.05, 4.69) is 20.9 Å². The molecule has 0 aromatic carbocycles. The molecule has 4 N–H and O–H groups in total. The molecule has 1 saturated heterocycles. The maximum Gasteiger partial charge on any atom is 0.184 e. The average molecular weight is 390 g/mol. The van der Waals surface area contributed by atoms with Gasteiger partial charge in [0.1, 0.15) is 11.6 Å². The molecule has 0 atom stereocenters. The Hall–Kier alpha value is -3.46. The lowest BCUT2D eigenvalue weighted by Crippen LogP contribution is -2.36. The van der Waals surface area contributed by atoms with Crippen molar-refractivity contribution in [3.63, 3.8) is 0 Å². The molecule has 29 heavy (non-hydrogen) atoms. The van der Waals surface area contributed by atoms with E-state index < -0.39 is 0 Å². The molecule has 0 unspecified atom stereocenters. The van der Waals surface area contributed by atoms with Gasteiger partial charge < -0.3 is 21.1 Å². The van der Waals surface area contributed by atoms with Crippen molar-refractivity contribution in [1.29, 1.82) is 0 Å². The number of fused-ring (bicyclic) bond motifs is 2. The van der Waals surface area contributed by atoms with Crippen molar-refractivity contribution < 1.29 is 4.74 Å². The zero-order valence-corrected chi connectivity index (χ0v) is 16.2. The minimum Gasteiger partial charge on any atom is -0.384 e. The van der Waals surface area contributed by atoms with Crippen LogP contribution in [0.3, 0.4) is 0 Å². The molecular weight excluding hydrogens is 368 g/mol. The van der Waals surface area contributed by atoms with Gasteiger partial charge in [-0.3, -0.25) is 0 Å². The normalized spacial score (nSPS) is 14.7. The first-order chi connectivity index (χ1) is 14.1.